The van der Waals surface area contributed by atoms with Crippen LogP contribution in [0.15, 0.2) is 95.8 Å². The van der Waals surface area contributed by atoms with Crippen molar-refractivity contribution in [2.24, 2.45) is 0 Å². The molecule has 0 N–H and O–H groups in total. The first kappa shape index (κ1) is 16.7. The Hall–Kier alpha value is -3.73. The third kappa shape index (κ3) is 3.62. The van der Waals surface area contributed by atoms with Crippen molar-refractivity contribution in [3.63, 3.8) is 0 Å². The fourth-order valence-electron chi connectivity index (χ4n) is 2.70. The maximum atomic E-state index is 13.4. The number of ether oxygens (including phenoxy) is 1. The second-order valence-corrected chi connectivity index (χ2v) is 5.86. The van der Waals surface area contributed by atoms with Crippen molar-refractivity contribution in [3.8, 4) is 28.4 Å². The standard InChI is InChI=1S/C22H15FN2O2/c23-17-13-11-16(12-14-17)22-20(27-19-9-5-2-6-10-19)15-21(26)25(24-22)18-7-3-1-4-8-18/h1-15H. The van der Waals surface area contributed by atoms with E-state index in [4.69, 9.17) is 4.74 Å². The van der Waals surface area contributed by atoms with Crippen LogP contribution < -0.4 is 10.3 Å². The summed E-state index contributed by atoms with van der Waals surface area (Å²) in [7, 11) is 0. The number of benzene rings is 3. The monoisotopic (exact) mass is 358 g/mol. The molecule has 132 valence electrons. The second kappa shape index (κ2) is 7.25. The summed E-state index contributed by atoms with van der Waals surface area (Å²) in [6, 6.07) is 25.5. The molecule has 0 saturated carbocycles. The lowest BCUT2D eigenvalue weighted by atomic mass is 10.1. The number of para-hydroxylation sites is 2. The van der Waals surface area contributed by atoms with Gasteiger partial charge in [0.25, 0.3) is 5.56 Å². The molecule has 0 aliphatic rings. The molecule has 0 saturated heterocycles. The predicted molar refractivity (Wildman–Crippen MR) is 102 cm³/mol. The highest BCUT2D eigenvalue weighted by Gasteiger charge is 2.14. The minimum Gasteiger partial charge on any atom is -0.455 e. The maximum absolute atomic E-state index is 13.4. The van der Waals surface area contributed by atoms with E-state index in [0.717, 1.165) is 0 Å². The zero-order chi connectivity index (χ0) is 18.6. The zero-order valence-corrected chi connectivity index (χ0v) is 14.2. The molecule has 1 heterocycles. The van der Waals surface area contributed by atoms with E-state index in [1.807, 2.05) is 36.4 Å². The average molecular weight is 358 g/mol. The summed E-state index contributed by atoms with van der Waals surface area (Å²) < 4.78 is 20.5. The largest absolute Gasteiger partial charge is 0.455 e. The van der Waals surface area contributed by atoms with E-state index >= 15 is 0 Å². The number of halogens is 1. The molecule has 3 aromatic carbocycles. The van der Waals surface area contributed by atoms with Crippen LogP contribution in [0.4, 0.5) is 4.39 Å². The molecule has 0 fully saturated rings. The van der Waals surface area contributed by atoms with E-state index in [0.29, 0.717) is 28.4 Å². The van der Waals surface area contributed by atoms with Crippen LogP contribution in [0.3, 0.4) is 0 Å². The van der Waals surface area contributed by atoms with Crippen LogP contribution >= 0.6 is 0 Å². The molecule has 5 heteroatoms. The van der Waals surface area contributed by atoms with Crippen molar-refractivity contribution in [1.82, 2.24) is 9.78 Å². The van der Waals surface area contributed by atoms with Crippen molar-refractivity contribution in [3.05, 3.63) is 107 Å². The molecule has 4 nitrogen and oxygen atoms in total. The minimum atomic E-state index is -0.347. The van der Waals surface area contributed by atoms with Gasteiger partial charge in [0.1, 0.15) is 17.3 Å². The highest BCUT2D eigenvalue weighted by molar-refractivity contribution is 5.66. The Morgan fingerprint density at radius 3 is 2.11 bits per heavy atom. The SMILES string of the molecule is O=c1cc(Oc2ccccc2)c(-c2ccc(F)cc2)nn1-c1ccccc1. The quantitative estimate of drug-likeness (QED) is 0.525. The summed E-state index contributed by atoms with van der Waals surface area (Å²) >= 11 is 0. The molecule has 0 aliphatic heterocycles. The van der Waals surface area contributed by atoms with E-state index < -0.39 is 0 Å². The van der Waals surface area contributed by atoms with Crippen molar-refractivity contribution in [1.29, 1.82) is 0 Å². The molecule has 0 atom stereocenters. The molecule has 27 heavy (non-hydrogen) atoms. The smallest absolute Gasteiger partial charge is 0.275 e. The maximum Gasteiger partial charge on any atom is 0.275 e. The van der Waals surface area contributed by atoms with E-state index in [2.05, 4.69) is 5.10 Å². The fourth-order valence-corrected chi connectivity index (χ4v) is 2.70. The van der Waals surface area contributed by atoms with Crippen LogP contribution in [0.1, 0.15) is 0 Å². The predicted octanol–water partition coefficient (Wildman–Crippen LogP) is 4.83. The molecule has 0 spiro atoms. The van der Waals surface area contributed by atoms with Gasteiger partial charge in [0.05, 0.1) is 11.8 Å². The van der Waals surface area contributed by atoms with Crippen molar-refractivity contribution in [2.75, 3.05) is 0 Å². The van der Waals surface area contributed by atoms with E-state index in [-0.39, 0.29) is 11.4 Å². The zero-order valence-electron chi connectivity index (χ0n) is 14.2. The second-order valence-electron chi connectivity index (χ2n) is 5.86. The van der Waals surface area contributed by atoms with Gasteiger partial charge in [-0.15, -0.1) is 0 Å². The van der Waals surface area contributed by atoms with Crippen molar-refractivity contribution < 1.29 is 9.13 Å². The summed E-state index contributed by atoms with van der Waals surface area (Å²) in [6.45, 7) is 0. The van der Waals surface area contributed by atoms with Gasteiger partial charge >= 0.3 is 0 Å². The first-order valence-electron chi connectivity index (χ1n) is 8.39. The number of aromatic nitrogens is 2. The van der Waals surface area contributed by atoms with Gasteiger partial charge in [-0.2, -0.15) is 9.78 Å². The van der Waals surface area contributed by atoms with Crippen LogP contribution in [0, 0.1) is 5.82 Å². The van der Waals surface area contributed by atoms with Gasteiger partial charge < -0.3 is 4.74 Å². The molecular formula is C22H15FN2O2. The van der Waals surface area contributed by atoms with Gasteiger partial charge in [0, 0.05) is 5.56 Å². The lowest BCUT2D eigenvalue weighted by Gasteiger charge is -2.13. The molecule has 1 aromatic heterocycles. The van der Waals surface area contributed by atoms with Crippen LogP contribution in [-0.2, 0) is 0 Å². The Morgan fingerprint density at radius 2 is 1.44 bits per heavy atom. The van der Waals surface area contributed by atoms with Crippen LogP contribution in [0.2, 0.25) is 0 Å². The number of nitrogens with zero attached hydrogens (tertiary/aromatic N) is 2. The van der Waals surface area contributed by atoms with E-state index in [1.165, 1.54) is 22.9 Å². The number of hydrogen-bond donors (Lipinski definition) is 0. The molecule has 0 aliphatic carbocycles. The molecule has 0 amide bonds. The first-order valence-corrected chi connectivity index (χ1v) is 8.39. The van der Waals surface area contributed by atoms with Crippen LogP contribution in [-0.4, -0.2) is 9.78 Å². The Balaban J connectivity index is 1.88. The highest BCUT2D eigenvalue weighted by Crippen LogP contribution is 2.30. The van der Waals surface area contributed by atoms with Gasteiger partial charge in [-0.1, -0.05) is 36.4 Å². The molecule has 4 rings (SSSR count). The summed E-state index contributed by atoms with van der Waals surface area (Å²) in [5.74, 6) is 0.546. The topological polar surface area (TPSA) is 44.1 Å². The van der Waals surface area contributed by atoms with Gasteiger partial charge in [-0.3, -0.25) is 4.79 Å². The summed E-state index contributed by atoms with van der Waals surface area (Å²) in [5, 5.41) is 4.50. The summed E-state index contributed by atoms with van der Waals surface area (Å²) in [6.07, 6.45) is 0. The van der Waals surface area contributed by atoms with Crippen LogP contribution in [0.5, 0.6) is 11.5 Å². The Bertz CT molecular complexity index is 1110. The van der Waals surface area contributed by atoms with E-state index in [1.54, 1.807) is 36.4 Å². The third-order valence-electron chi connectivity index (χ3n) is 3.99. The Labute approximate surface area is 155 Å². The highest BCUT2D eigenvalue weighted by atomic mass is 19.1. The number of rotatable bonds is 4. The summed E-state index contributed by atoms with van der Waals surface area (Å²) in [5.41, 5.74) is 1.41. The summed E-state index contributed by atoms with van der Waals surface area (Å²) in [4.78, 5) is 12.6. The minimum absolute atomic E-state index is 0.310. The molecule has 0 radical (unpaired) electrons. The van der Waals surface area contributed by atoms with Crippen molar-refractivity contribution >= 4 is 0 Å². The fraction of sp³-hybridized carbons (Fsp3) is 0. The molecule has 4 aromatic rings. The Kier molecular flexibility index (Phi) is 4.49. The van der Waals surface area contributed by atoms with Crippen LogP contribution in [0.25, 0.3) is 16.9 Å². The van der Waals surface area contributed by atoms with E-state index in [9.17, 15) is 9.18 Å². The van der Waals surface area contributed by atoms with Gasteiger partial charge in [-0.25, -0.2) is 4.39 Å². The lowest BCUT2D eigenvalue weighted by molar-refractivity contribution is 0.477. The lowest BCUT2D eigenvalue weighted by Crippen LogP contribution is -2.21. The molecule has 0 unspecified atom stereocenters. The number of hydrogen-bond acceptors (Lipinski definition) is 3. The van der Waals surface area contributed by atoms with Gasteiger partial charge in [-0.05, 0) is 48.5 Å². The Morgan fingerprint density at radius 1 is 0.815 bits per heavy atom. The van der Waals surface area contributed by atoms with Crippen molar-refractivity contribution in [2.45, 2.75) is 0 Å². The first-order chi connectivity index (χ1) is 13.2. The van der Waals surface area contributed by atoms with Gasteiger partial charge in [0.15, 0.2) is 5.75 Å². The third-order valence-corrected chi connectivity index (χ3v) is 3.99. The molecule has 0 bridgehead atoms. The van der Waals surface area contributed by atoms with Gasteiger partial charge in [0.2, 0.25) is 0 Å². The molecular weight excluding hydrogens is 343 g/mol. The normalized spacial score (nSPS) is 10.6. The average Bonchev–Trinajstić information content (AvgIpc) is 2.70.